The van der Waals surface area contributed by atoms with Gasteiger partial charge in [-0.25, -0.2) is 0 Å². The van der Waals surface area contributed by atoms with Crippen LogP contribution in [0.25, 0.3) is 0 Å². The van der Waals surface area contributed by atoms with Gasteiger partial charge in [0.05, 0.1) is 0 Å². The van der Waals surface area contributed by atoms with E-state index in [1.165, 1.54) is 6.42 Å². The Bertz CT molecular complexity index is 338. The number of hydrogen-bond acceptors (Lipinski definition) is 3. The zero-order valence-electron chi connectivity index (χ0n) is 12.3. The first kappa shape index (κ1) is 16.3. The van der Waals surface area contributed by atoms with Crippen molar-refractivity contribution in [3.8, 4) is 0 Å². The summed E-state index contributed by atoms with van der Waals surface area (Å²) in [6, 6.07) is 7.87. The van der Waals surface area contributed by atoms with E-state index in [-0.39, 0.29) is 0 Å². The maximum absolute atomic E-state index is 5.87. The summed E-state index contributed by atoms with van der Waals surface area (Å²) < 4.78 is 0. The largest absolute Gasteiger partial charge is 0.384 e. The van der Waals surface area contributed by atoms with Crippen molar-refractivity contribution >= 4 is 17.3 Å². The maximum Gasteiger partial charge on any atom is 0.0407 e. The summed E-state index contributed by atoms with van der Waals surface area (Å²) in [7, 11) is 4.24. The standard InChI is InChI=1S/C15H26ClN3/c1-4-10-19(13-12-18(2)3)11-9-17-15-7-5-14(16)6-8-15/h5-8,17H,4,9-13H2,1-3H3. The molecule has 0 saturated heterocycles. The number of anilines is 1. The highest BCUT2D eigenvalue weighted by atomic mass is 35.5. The van der Waals surface area contributed by atoms with Crippen LogP contribution in [0.2, 0.25) is 5.02 Å². The lowest BCUT2D eigenvalue weighted by atomic mass is 10.3. The summed E-state index contributed by atoms with van der Waals surface area (Å²) in [6.07, 6.45) is 1.20. The minimum Gasteiger partial charge on any atom is -0.384 e. The second-order valence-electron chi connectivity index (χ2n) is 5.08. The SMILES string of the molecule is CCCN(CCNc1ccc(Cl)cc1)CCN(C)C. The van der Waals surface area contributed by atoms with E-state index in [1.54, 1.807) is 0 Å². The fraction of sp³-hybridized carbons (Fsp3) is 0.600. The average Bonchev–Trinajstić information content (AvgIpc) is 2.38. The van der Waals surface area contributed by atoms with Gasteiger partial charge >= 0.3 is 0 Å². The molecule has 0 amide bonds. The van der Waals surface area contributed by atoms with E-state index in [4.69, 9.17) is 11.6 Å². The fourth-order valence-electron chi connectivity index (χ4n) is 1.92. The number of rotatable bonds is 9. The van der Waals surface area contributed by atoms with Crippen molar-refractivity contribution in [1.82, 2.24) is 9.80 Å². The lowest BCUT2D eigenvalue weighted by molar-refractivity contribution is 0.248. The van der Waals surface area contributed by atoms with Crippen LogP contribution < -0.4 is 5.32 Å². The third-order valence-corrected chi connectivity index (χ3v) is 3.26. The number of nitrogens with one attached hydrogen (secondary N) is 1. The first-order chi connectivity index (χ1) is 9.11. The van der Waals surface area contributed by atoms with Crippen molar-refractivity contribution in [2.24, 2.45) is 0 Å². The molecule has 0 bridgehead atoms. The van der Waals surface area contributed by atoms with Gasteiger partial charge in [-0.15, -0.1) is 0 Å². The summed E-state index contributed by atoms with van der Waals surface area (Å²) >= 11 is 5.87. The summed E-state index contributed by atoms with van der Waals surface area (Å²) in [4.78, 5) is 4.73. The van der Waals surface area contributed by atoms with Crippen LogP contribution in [0, 0.1) is 0 Å². The molecule has 0 aliphatic heterocycles. The molecule has 1 N–H and O–H groups in total. The lowest BCUT2D eigenvalue weighted by Crippen LogP contribution is -2.35. The van der Waals surface area contributed by atoms with Gasteiger partial charge in [-0.2, -0.15) is 0 Å². The molecule has 1 aromatic rings. The van der Waals surface area contributed by atoms with Crippen LogP contribution >= 0.6 is 11.6 Å². The van der Waals surface area contributed by atoms with E-state index in [0.29, 0.717) is 0 Å². The molecule has 0 aliphatic rings. The summed E-state index contributed by atoms with van der Waals surface area (Å²) in [5, 5.41) is 4.22. The van der Waals surface area contributed by atoms with Gasteiger partial charge in [-0.05, 0) is 51.3 Å². The molecule has 1 aromatic carbocycles. The number of likely N-dealkylation sites (N-methyl/N-ethyl adjacent to an activating group) is 1. The van der Waals surface area contributed by atoms with Crippen molar-refractivity contribution in [1.29, 1.82) is 0 Å². The first-order valence-electron chi connectivity index (χ1n) is 6.98. The zero-order chi connectivity index (χ0) is 14.1. The molecule has 19 heavy (non-hydrogen) atoms. The van der Waals surface area contributed by atoms with Crippen LogP contribution in [-0.4, -0.2) is 56.6 Å². The molecule has 0 aromatic heterocycles. The van der Waals surface area contributed by atoms with E-state index in [1.807, 2.05) is 24.3 Å². The Kier molecular flexibility index (Phi) is 7.87. The molecule has 0 atom stereocenters. The number of hydrogen-bond donors (Lipinski definition) is 1. The summed E-state index contributed by atoms with van der Waals surface area (Å²) in [6.45, 7) is 7.68. The van der Waals surface area contributed by atoms with Crippen molar-refractivity contribution < 1.29 is 0 Å². The molecule has 0 spiro atoms. The molecule has 0 heterocycles. The predicted octanol–water partition coefficient (Wildman–Crippen LogP) is 3.03. The van der Waals surface area contributed by atoms with Crippen LogP contribution in [-0.2, 0) is 0 Å². The molecule has 3 nitrogen and oxygen atoms in total. The van der Waals surface area contributed by atoms with E-state index in [9.17, 15) is 0 Å². The minimum atomic E-state index is 0.782. The molecular formula is C15H26ClN3. The Hall–Kier alpha value is -0.770. The Balaban J connectivity index is 2.28. The van der Waals surface area contributed by atoms with Crippen LogP contribution in [0.1, 0.15) is 13.3 Å². The molecule has 1 rings (SSSR count). The molecule has 108 valence electrons. The molecule has 4 heteroatoms. The van der Waals surface area contributed by atoms with E-state index in [0.717, 1.165) is 43.4 Å². The molecule has 0 unspecified atom stereocenters. The second kappa shape index (κ2) is 9.18. The van der Waals surface area contributed by atoms with Gasteiger partial charge in [0.2, 0.25) is 0 Å². The highest BCUT2D eigenvalue weighted by Crippen LogP contribution is 2.12. The fourth-order valence-corrected chi connectivity index (χ4v) is 2.05. The number of nitrogens with zero attached hydrogens (tertiary/aromatic N) is 2. The van der Waals surface area contributed by atoms with Gasteiger partial charge in [0.1, 0.15) is 0 Å². The Morgan fingerprint density at radius 2 is 1.68 bits per heavy atom. The quantitative estimate of drug-likeness (QED) is 0.752. The highest BCUT2D eigenvalue weighted by Gasteiger charge is 2.03. The third kappa shape index (κ3) is 7.41. The van der Waals surface area contributed by atoms with E-state index < -0.39 is 0 Å². The van der Waals surface area contributed by atoms with Crippen LogP contribution in [0.15, 0.2) is 24.3 Å². The van der Waals surface area contributed by atoms with Crippen molar-refractivity contribution in [2.75, 3.05) is 52.1 Å². The second-order valence-corrected chi connectivity index (χ2v) is 5.52. The average molecular weight is 284 g/mol. The molecule has 0 saturated carbocycles. The molecule has 0 fully saturated rings. The van der Waals surface area contributed by atoms with Gasteiger partial charge in [0, 0.05) is 36.9 Å². The Labute approximate surface area is 122 Å². The highest BCUT2D eigenvalue weighted by molar-refractivity contribution is 6.30. The zero-order valence-corrected chi connectivity index (χ0v) is 13.1. The smallest absolute Gasteiger partial charge is 0.0407 e. The summed E-state index contributed by atoms with van der Waals surface area (Å²) in [5.41, 5.74) is 1.13. The van der Waals surface area contributed by atoms with Gasteiger partial charge in [-0.1, -0.05) is 18.5 Å². The van der Waals surface area contributed by atoms with Crippen molar-refractivity contribution in [3.63, 3.8) is 0 Å². The summed E-state index contributed by atoms with van der Waals surface area (Å²) in [5.74, 6) is 0. The van der Waals surface area contributed by atoms with Gasteiger partial charge in [0.15, 0.2) is 0 Å². The van der Waals surface area contributed by atoms with Crippen LogP contribution in [0.3, 0.4) is 0 Å². The van der Waals surface area contributed by atoms with Crippen molar-refractivity contribution in [3.05, 3.63) is 29.3 Å². The normalized spacial score (nSPS) is 11.3. The topological polar surface area (TPSA) is 18.5 Å². The van der Waals surface area contributed by atoms with E-state index in [2.05, 4.69) is 36.1 Å². The Morgan fingerprint density at radius 1 is 1.00 bits per heavy atom. The third-order valence-electron chi connectivity index (χ3n) is 3.00. The molecule has 0 radical (unpaired) electrons. The first-order valence-corrected chi connectivity index (χ1v) is 7.36. The minimum absolute atomic E-state index is 0.782. The van der Waals surface area contributed by atoms with Gasteiger partial charge in [0.25, 0.3) is 0 Å². The van der Waals surface area contributed by atoms with Crippen LogP contribution in [0.4, 0.5) is 5.69 Å². The Morgan fingerprint density at radius 3 is 2.26 bits per heavy atom. The monoisotopic (exact) mass is 283 g/mol. The van der Waals surface area contributed by atoms with Crippen LogP contribution in [0.5, 0.6) is 0 Å². The molecule has 0 aliphatic carbocycles. The van der Waals surface area contributed by atoms with Gasteiger partial charge < -0.3 is 15.1 Å². The predicted molar refractivity (Wildman–Crippen MR) is 85.2 cm³/mol. The molecular weight excluding hydrogens is 258 g/mol. The number of halogens is 1. The maximum atomic E-state index is 5.87. The lowest BCUT2D eigenvalue weighted by Gasteiger charge is -2.23. The number of benzene rings is 1. The van der Waals surface area contributed by atoms with Gasteiger partial charge in [-0.3, -0.25) is 0 Å². The van der Waals surface area contributed by atoms with E-state index >= 15 is 0 Å². The van der Waals surface area contributed by atoms with Crippen molar-refractivity contribution in [2.45, 2.75) is 13.3 Å².